The maximum Gasteiger partial charge on any atom is 0.291 e. The molecule has 1 aliphatic rings. The monoisotopic (exact) mass is 302 g/mol. The Morgan fingerprint density at radius 1 is 1.71 bits per heavy atom. The van der Waals surface area contributed by atoms with Gasteiger partial charge in [0.2, 0.25) is 5.76 Å². The molecule has 1 amide bonds. The van der Waals surface area contributed by atoms with Crippen LogP contribution in [0.25, 0.3) is 0 Å². The minimum Gasteiger partial charge on any atom is -0.438 e. The minimum atomic E-state index is -0.109. The van der Waals surface area contributed by atoms with E-state index in [2.05, 4.69) is 20.9 Å². The number of amides is 1. The van der Waals surface area contributed by atoms with Crippen molar-refractivity contribution in [1.29, 1.82) is 0 Å². The molecular formula is C11H15BrN2O3. The van der Waals surface area contributed by atoms with Gasteiger partial charge in [-0.2, -0.15) is 0 Å². The number of ether oxygens (including phenoxy) is 1. The zero-order valence-corrected chi connectivity index (χ0v) is 11.4. The van der Waals surface area contributed by atoms with E-state index in [-0.39, 0.29) is 18.1 Å². The Kier molecular flexibility index (Phi) is 3.83. The quantitative estimate of drug-likeness (QED) is 0.779. The summed E-state index contributed by atoms with van der Waals surface area (Å²) in [5.41, 5.74) is 0.629. The summed E-state index contributed by atoms with van der Waals surface area (Å²) in [6.07, 6.45) is 1.34. The van der Waals surface area contributed by atoms with Crippen molar-refractivity contribution < 1.29 is 13.9 Å². The zero-order chi connectivity index (χ0) is 12.4. The number of hydrogen-bond donors (Lipinski definition) is 0. The Balaban J connectivity index is 2.15. The van der Waals surface area contributed by atoms with Crippen molar-refractivity contribution in [2.75, 3.05) is 18.5 Å². The van der Waals surface area contributed by atoms with E-state index in [4.69, 9.17) is 9.15 Å². The van der Waals surface area contributed by atoms with Gasteiger partial charge in [0.1, 0.15) is 0 Å². The molecule has 0 radical (unpaired) electrons. The van der Waals surface area contributed by atoms with E-state index in [9.17, 15) is 4.79 Å². The number of carbonyl (C=O) groups excluding carboxylic acids is 1. The van der Waals surface area contributed by atoms with Gasteiger partial charge >= 0.3 is 0 Å². The molecule has 94 valence electrons. The van der Waals surface area contributed by atoms with Crippen molar-refractivity contribution in [3.63, 3.8) is 0 Å². The van der Waals surface area contributed by atoms with Gasteiger partial charge in [0.05, 0.1) is 24.4 Å². The molecular weight excluding hydrogens is 288 g/mol. The third kappa shape index (κ3) is 2.52. The molecule has 0 bridgehead atoms. The van der Waals surface area contributed by atoms with Gasteiger partial charge in [0.15, 0.2) is 6.39 Å². The summed E-state index contributed by atoms with van der Waals surface area (Å²) >= 11 is 3.37. The lowest BCUT2D eigenvalue weighted by molar-refractivity contribution is -0.0371. The van der Waals surface area contributed by atoms with Gasteiger partial charge in [0, 0.05) is 11.9 Å². The van der Waals surface area contributed by atoms with Gasteiger partial charge in [-0.05, 0) is 13.8 Å². The largest absolute Gasteiger partial charge is 0.438 e. The minimum absolute atomic E-state index is 0.0402. The Hall–Kier alpha value is -0.880. The van der Waals surface area contributed by atoms with Crippen LogP contribution in [0.5, 0.6) is 0 Å². The molecule has 1 fully saturated rings. The molecule has 17 heavy (non-hydrogen) atoms. The number of carbonyl (C=O) groups is 1. The second-order valence-electron chi connectivity index (χ2n) is 4.18. The third-order valence-corrected chi connectivity index (χ3v) is 3.60. The molecule has 0 saturated carbocycles. The van der Waals surface area contributed by atoms with Crippen molar-refractivity contribution in [3.8, 4) is 0 Å². The van der Waals surface area contributed by atoms with E-state index in [0.717, 1.165) is 5.33 Å². The molecule has 1 aromatic heterocycles. The second-order valence-corrected chi connectivity index (χ2v) is 4.83. The molecule has 0 N–H and O–H groups in total. The molecule has 0 aromatic carbocycles. The van der Waals surface area contributed by atoms with Crippen LogP contribution >= 0.6 is 15.9 Å². The molecule has 2 atom stereocenters. The summed E-state index contributed by atoms with van der Waals surface area (Å²) in [5.74, 6) is 0.217. The van der Waals surface area contributed by atoms with Crippen LogP contribution in [0.2, 0.25) is 0 Å². The molecule has 2 heterocycles. The molecule has 0 aliphatic carbocycles. The molecule has 2 rings (SSSR count). The molecule has 1 saturated heterocycles. The number of nitrogens with zero attached hydrogens (tertiary/aromatic N) is 2. The van der Waals surface area contributed by atoms with Crippen LogP contribution in [0.1, 0.15) is 23.2 Å². The topological polar surface area (TPSA) is 55.6 Å². The van der Waals surface area contributed by atoms with Crippen LogP contribution < -0.4 is 0 Å². The average molecular weight is 303 g/mol. The number of rotatable bonds is 2. The van der Waals surface area contributed by atoms with E-state index in [0.29, 0.717) is 24.6 Å². The fraction of sp³-hybridized carbons (Fsp3) is 0.636. The molecule has 0 spiro atoms. The van der Waals surface area contributed by atoms with Crippen LogP contribution in [0, 0.1) is 6.92 Å². The van der Waals surface area contributed by atoms with Gasteiger partial charge < -0.3 is 14.1 Å². The van der Waals surface area contributed by atoms with E-state index in [1.807, 2.05) is 6.92 Å². The van der Waals surface area contributed by atoms with E-state index in [1.54, 1.807) is 11.8 Å². The summed E-state index contributed by atoms with van der Waals surface area (Å²) in [4.78, 5) is 18.0. The van der Waals surface area contributed by atoms with Crippen molar-refractivity contribution in [1.82, 2.24) is 9.88 Å². The number of aromatic nitrogens is 1. The number of halogens is 1. The summed E-state index contributed by atoms with van der Waals surface area (Å²) in [6, 6.07) is 0.0577. The lowest BCUT2D eigenvalue weighted by Gasteiger charge is -2.37. The average Bonchev–Trinajstić information content (AvgIpc) is 2.75. The fourth-order valence-corrected chi connectivity index (χ4v) is 2.22. The molecule has 6 heteroatoms. The standard InChI is InChI=1S/C11H15BrN2O3/c1-7-5-16-9(3-12)4-14(7)11(15)10-8(2)13-6-17-10/h6-7,9H,3-5H2,1-2H3. The fourth-order valence-electron chi connectivity index (χ4n) is 1.83. The van der Waals surface area contributed by atoms with Crippen molar-refractivity contribution >= 4 is 21.8 Å². The number of oxazole rings is 1. The molecule has 2 unspecified atom stereocenters. The number of aryl methyl sites for hydroxylation is 1. The van der Waals surface area contributed by atoms with E-state index < -0.39 is 0 Å². The third-order valence-electron chi connectivity index (χ3n) is 2.88. The van der Waals surface area contributed by atoms with E-state index in [1.165, 1.54) is 6.39 Å². The van der Waals surface area contributed by atoms with Crippen LogP contribution in [-0.2, 0) is 4.74 Å². The molecule has 5 nitrogen and oxygen atoms in total. The summed E-state index contributed by atoms with van der Waals surface area (Å²) in [5, 5.41) is 0.721. The summed E-state index contributed by atoms with van der Waals surface area (Å²) in [7, 11) is 0. The smallest absolute Gasteiger partial charge is 0.291 e. The van der Waals surface area contributed by atoms with Crippen LogP contribution in [-0.4, -0.2) is 46.4 Å². The molecule has 1 aromatic rings. The normalized spacial score (nSPS) is 25.0. The Morgan fingerprint density at radius 2 is 2.47 bits per heavy atom. The first-order chi connectivity index (χ1) is 8.13. The summed E-state index contributed by atoms with van der Waals surface area (Å²) < 4.78 is 10.7. The summed E-state index contributed by atoms with van der Waals surface area (Å²) in [6.45, 7) is 4.86. The van der Waals surface area contributed by atoms with Gasteiger partial charge in [0.25, 0.3) is 5.91 Å². The second kappa shape index (κ2) is 5.18. The Bertz CT molecular complexity index is 407. The van der Waals surface area contributed by atoms with Gasteiger partial charge in [-0.15, -0.1) is 0 Å². The maximum atomic E-state index is 12.3. The highest BCUT2D eigenvalue weighted by Gasteiger charge is 2.31. The lowest BCUT2D eigenvalue weighted by Crippen LogP contribution is -2.51. The SMILES string of the molecule is Cc1ncoc1C(=O)N1CC(CBr)OCC1C. The Morgan fingerprint density at radius 3 is 3.06 bits per heavy atom. The first-order valence-electron chi connectivity index (χ1n) is 5.52. The van der Waals surface area contributed by atoms with Crippen LogP contribution in [0.4, 0.5) is 0 Å². The predicted molar refractivity (Wildman–Crippen MR) is 65.3 cm³/mol. The predicted octanol–water partition coefficient (Wildman–Crippen LogP) is 1.61. The number of hydrogen-bond acceptors (Lipinski definition) is 4. The maximum absolute atomic E-state index is 12.3. The highest BCUT2D eigenvalue weighted by molar-refractivity contribution is 9.09. The molecule has 1 aliphatic heterocycles. The van der Waals surface area contributed by atoms with Crippen molar-refractivity contribution in [3.05, 3.63) is 17.8 Å². The van der Waals surface area contributed by atoms with E-state index >= 15 is 0 Å². The van der Waals surface area contributed by atoms with Gasteiger partial charge in [-0.3, -0.25) is 4.79 Å². The van der Waals surface area contributed by atoms with Crippen molar-refractivity contribution in [2.45, 2.75) is 26.0 Å². The van der Waals surface area contributed by atoms with Gasteiger partial charge in [-0.25, -0.2) is 4.98 Å². The lowest BCUT2D eigenvalue weighted by atomic mass is 10.2. The van der Waals surface area contributed by atoms with Gasteiger partial charge in [-0.1, -0.05) is 15.9 Å². The zero-order valence-electron chi connectivity index (χ0n) is 9.85. The van der Waals surface area contributed by atoms with Crippen molar-refractivity contribution in [2.24, 2.45) is 0 Å². The first kappa shape index (κ1) is 12.6. The first-order valence-corrected chi connectivity index (χ1v) is 6.64. The van der Waals surface area contributed by atoms with Crippen LogP contribution in [0.3, 0.4) is 0 Å². The highest BCUT2D eigenvalue weighted by atomic mass is 79.9. The highest BCUT2D eigenvalue weighted by Crippen LogP contribution is 2.18. The van der Waals surface area contributed by atoms with Crippen LogP contribution in [0.15, 0.2) is 10.8 Å². The Labute approximate surface area is 108 Å². The number of morpholine rings is 1. The number of alkyl halides is 1.